The number of aromatic nitrogens is 3. The first-order chi connectivity index (χ1) is 14.7. The second-order valence-corrected chi connectivity index (χ2v) is 8.38. The van der Waals surface area contributed by atoms with Crippen molar-refractivity contribution in [3.8, 4) is 0 Å². The van der Waals surface area contributed by atoms with Crippen LogP contribution in [0.5, 0.6) is 0 Å². The summed E-state index contributed by atoms with van der Waals surface area (Å²) in [5.41, 5.74) is 3.91. The fourth-order valence-corrected chi connectivity index (χ4v) is 4.94. The SMILES string of the molecule is O=C1CCCC2=C1[C@H](c1ccncc1)c1c(nc(SCc3ccccc3)[nH]c1=O)N2. The number of nitrogens with zero attached hydrogens (tertiary/aromatic N) is 2. The number of benzene rings is 1. The highest BCUT2D eigenvalue weighted by Crippen LogP contribution is 2.43. The molecule has 6 nitrogen and oxygen atoms in total. The number of pyridine rings is 1. The number of thioether (sulfide) groups is 1. The quantitative estimate of drug-likeness (QED) is 0.493. The number of carbonyl (C=O) groups is 1. The molecular formula is C23H20N4O2S. The number of hydrogen-bond acceptors (Lipinski definition) is 6. The molecule has 0 amide bonds. The summed E-state index contributed by atoms with van der Waals surface area (Å²) in [5.74, 6) is 0.933. The van der Waals surface area contributed by atoms with Gasteiger partial charge in [-0.2, -0.15) is 0 Å². The monoisotopic (exact) mass is 416 g/mol. The van der Waals surface area contributed by atoms with Gasteiger partial charge in [-0.15, -0.1) is 0 Å². The predicted octanol–water partition coefficient (Wildman–Crippen LogP) is 4.02. The molecular weight excluding hydrogens is 396 g/mol. The molecule has 2 aromatic heterocycles. The number of ketones is 1. The van der Waals surface area contributed by atoms with E-state index < -0.39 is 5.92 Å². The topological polar surface area (TPSA) is 87.7 Å². The lowest BCUT2D eigenvalue weighted by Crippen LogP contribution is -2.32. The van der Waals surface area contributed by atoms with Gasteiger partial charge in [-0.3, -0.25) is 14.6 Å². The second-order valence-electron chi connectivity index (χ2n) is 7.42. The summed E-state index contributed by atoms with van der Waals surface area (Å²) in [6, 6.07) is 13.8. The zero-order valence-electron chi connectivity index (χ0n) is 16.2. The van der Waals surface area contributed by atoms with Crippen LogP contribution in [0, 0.1) is 0 Å². The molecule has 150 valence electrons. The van der Waals surface area contributed by atoms with Gasteiger partial charge < -0.3 is 10.3 Å². The summed E-state index contributed by atoms with van der Waals surface area (Å²) >= 11 is 1.49. The van der Waals surface area contributed by atoms with Gasteiger partial charge in [0.25, 0.3) is 5.56 Å². The Bertz CT molecular complexity index is 1190. The lowest BCUT2D eigenvalue weighted by atomic mass is 9.77. The number of rotatable bonds is 4. The zero-order valence-corrected chi connectivity index (χ0v) is 17.0. The Balaban J connectivity index is 1.57. The normalized spacial score (nSPS) is 17.9. The number of nitrogens with one attached hydrogen (secondary N) is 2. The molecule has 30 heavy (non-hydrogen) atoms. The van der Waals surface area contributed by atoms with E-state index in [-0.39, 0.29) is 11.3 Å². The highest BCUT2D eigenvalue weighted by Gasteiger charge is 2.37. The lowest BCUT2D eigenvalue weighted by Gasteiger charge is -2.32. The number of anilines is 1. The minimum Gasteiger partial charge on any atom is -0.343 e. The first kappa shape index (κ1) is 18.8. The standard InChI is InChI=1S/C23H20N4O2S/c28-17-8-4-7-16-19(17)18(15-9-11-24-12-10-15)20-21(25-16)26-23(27-22(20)29)30-13-14-5-2-1-3-6-14/h1-3,5-6,9-12,18H,4,7-8,13H2,(H2,25,26,27,29)/t18-/m0/s1. The molecule has 0 saturated carbocycles. The van der Waals surface area contributed by atoms with Crippen LogP contribution in [0.3, 0.4) is 0 Å². The molecule has 0 bridgehead atoms. The maximum Gasteiger partial charge on any atom is 0.257 e. The fourth-order valence-electron chi connectivity index (χ4n) is 4.12. The van der Waals surface area contributed by atoms with E-state index in [4.69, 9.17) is 4.98 Å². The van der Waals surface area contributed by atoms with Crippen molar-refractivity contribution < 1.29 is 4.79 Å². The number of hydrogen-bond donors (Lipinski definition) is 2. The average Bonchev–Trinajstić information content (AvgIpc) is 2.78. The molecule has 0 saturated heterocycles. The van der Waals surface area contributed by atoms with Crippen LogP contribution in [-0.2, 0) is 10.5 Å². The summed E-state index contributed by atoms with van der Waals surface area (Å²) in [6.07, 6.45) is 5.48. The molecule has 0 unspecified atom stereocenters. The van der Waals surface area contributed by atoms with Crippen molar-refractivity contribution in [3.63, 3.8) is 0 Å². The van der Waals surface area contributed by atoms with Crippen LogP contribution in [0.4, 0.5) is 5.82 Å². The molecule has 2 aliphatic rings. The van der Waals surface area contributed by atoms with E-state index in [1.165, 1.54) is 11.8 Å². The molecule has 0 radical (unpaired) electrons. The summed E-state index contributed by atoms with van der Waals surface area (Å²) in [7, 11) is 0. The molecule has 3 aromatic rings. The maximum atomic E-state index is 13.2. The maximum absolute atomic E-state index is 13.2. The third-order valence-electron chi connectivity index (χ3n) is 5.49. The highest BCUT2D eigenvalue weighted by molar-refractivity contribution is 7.98. The van der Waals surface area contributed by atoms with Crippen LogP contribution in [0.2, 0.25) is 0 Å². The second kappa shape index (κ2) is 7.91. The molecule has 0 fully saturated rings. The Morgan fingerprint density at radius 3 is 2.63 bits per heavy atom. The van der Waals surface area contributed by atoms with Crippen molar-refractivity contribution in [1.29, 1.82) is 0 Å². The van der Waals surface area contributed by atoms with Crippen molar-refractivity contribution in [2.45, 2.75) is 36.1 Å². The number of allylic oxidation sites excluding steroid dienone is 2. The molecule has 3 heterocycles. The van der Waals surface area contributed by atoms with E-state index in [2.05, 4.69) is 15.3 Å². The molecule has 0 spiro atoms. The number of fused-ring (bicyclic) bond motifs is 1. The third-order valence-corrected chi connectivity index (χ3v) is 6.44. The molecule has 5 rings (SSSR count). The minimum absolute atomic E-state index is 0.0955. The molecule has 1 atom stereocenters. The zero-order chi connectivity index (χ0) is 20.5. The Hall–Kier alpha value is -3.19. The van der Waals surface area contributed by atoms with Gasteiger partial charge in [0.1, 0.15) is 5.82 Å². The van der Waals surface area contributed by atoms with Crippen molar-refractivity contribution in [3.05, 3.63) is 93.2 Å². The van der Waals surface area contributed by atoms with Gasteiger partial charge in [0.15, 0.2) is 10.9 Å². The Morgan fingerprint density at radius 2 is 1.83 bits per heavy atom. The minimum atomic E-state index is -0.420. The smallest absolute Gasteiger partial charge is 0.257 e. The van der Waals surface area contributed by atoms with Gasteiger partial charge >= 0.3 is 0 Å². The summed E-state index contributed by atoms with van der Waals surface area (Å²) < 4.78 is 0. The highest BCUT2D eigenvalue weighted by atomic mass is 32.2. The Labute approximate surface area is 177 Å². The van der Waals surface area contributed by atoms with Gasteiger partial charge in [-0.05, 0) is 36.1 Å². The van der Waals surface area contributed by atoms with Crippen LogP contribution < -0.4 is 10.9 Å². The molecule has 1 aliphatic heterocycles. The largest absolute Gasteiger partial charge is 0.343 e. The Morgan fingerprint density at radius 1 is 1.03 bits per heavy atom. The van der Waals surface area contributed by atoms with E-state index in [1.54, 1.807) is 12.4 Å². The first-order valence-electron chi connectivity index (χ1n) is 9.95. The third kappa shape index (κ3) is 3.45. The van der Waals surface area contributed by atoms with Crippen molar-refractivity contribution in [2.24, 2.45) is 0 Å². The van der Waals surface area contributed by atoms with Crippen molar-refractivity contribution >= 4 is 23.4 Å². The number of H-pyrrole nitrogens is 1. The molecule has 1 aliphatic carbocycles. The van der Waals surface area contributed by atoms with Crippen molar-refractivity contribution in [2.75, 3.05) is 5.32 Å². The average molecular weight is 417 g/mol. The number of aromatic amines is 1. The van der Waals surface area contributed by atoms with E-state index >= 15 is 0 Å². The van der Waals surface area contributed by atoms with E-state index in [1.807, 2.05) is 42.5 Å². The summed E-state index contributed by atoms with van der Waals surface area (Å²) in [4.78, 5) is 37.7. The van der Waals surface area contributed by atoms with Gasteiger partial charge in [0.05, 0.1) is 5.56 Å². The first-order valence-corrected chi connectivity index (χ1v) is 10.9. The molecule has 2 N–H and O–H groups in total. The van der Waals surface area contributed by atoms with E-state index in [0.29, 0.717) is 34.3 Å². The molecule has 1 aromatic carbocycles. The van der Waals surface area contributed by atoms with Crippen LogP contribution in [0.15, 0.2) is 76.1 Å². The van der Waals surface area contributed by atoms with Crippen LogP contribution >= 0.6 is 11.8 Å². The lowest BCUT2D eigenvalue weighted by molar-refractivity contribution is -0.116. The number of carbonyl (C=O) groups excluding carboxylic acids is 1. The molecule has 7 heteroatoms. The van der Waals surface area contributed by atoms with Gasteiger partial charge in [-0.25, -0.2) is 4.98 Å². The van der Waals surface area contributed by atoms with E-state index in [0.717, 1.165) is 29.7 Å². The van der Waals surface area contributed by atoms with Crippen LogP contribution in [0.25, 0.3) is 0 Å². The Kier molecular flexibility index (Phi) is 4.96. The van der Waals surface area contributed by atoms with Gasteiger partial charge in [0.2, 0.25) is 0 Å². The van der Waals surface area contributed by atoms with Crippen molar-refractivity contribution in [1.82, 2.24) is 15.0 Å². The van der Waals surface area contributed by atoms with Crippen LogP contribution in [0.1, 0.15) is 41.9 Å². The van der Waals surface area contributed by atoms with Crippen LogP contribution in [-0.4, -0.2) is 20.7 Å². The summed E-state index contributed by atoms with van der Waals surface area (Å²) in [5, 5.41) is 3.87. The van der Waals surface area contributed by atoms with Gasteiger partial charge in [0, 0.05) is 41.8 Å². The summed E-state index contributed by atoms with van der Waals surface area (Å²) in [6.45, 7) is 0. The number of Topliss-reactive ketones (excluding diaryl/α,β-unsaturated/α-hetero) is 1. The predicted molar refractivity (Wildman–Crippen MR) is 116 cm³/mol. The fraction of sp³-hybridized carbons (Fsp3) is 0.217. The van der Waals surface area contributed by atoms with Gasteiger partial charge in [-0.1, -0.05) is 42.1 Å². The van der Waals surface area contributed by atoms with E-state index in [9.17, 15) is 9.59 Å².